The first-order valence-electron chi connectivity index (χ1n) is 9.20. The van der Waals surface area contributed by atoms with E-state index in [1.807, 2.05) is 6.92 Å². The number of likely N-dealkylation sites (N-methyl/N-ethyl adjacent to an activating group) is 1. The highest BCUT2D eigenvalue weighted by Gasteiger charge is 2.18. The number of aromatic nitrogens is 2. The van der Waals surface area contributed by atoms with E-state index in [0.717, 1.165) is 25.6 Å². The molecule has 0 saturated carbocycles. The predicted octanol–water partition coefficient (Wildman–Crippen LogP) is 2.79. The van der Waals surface area contributed by atoms with Gasteiger partial charge < -0.3 is 15.2 Å². The molecule has 1 aromatic heterocycles. The van der Waals surface area contributed by atoms with Gasteiger partial charge in [0, 0.05) is 26.6 Å². The van der Waals surface area contributed by atoms with Crippen LogP contribution in [0.15, 0.2) is 39.8 Å². The molecule has 2 aromatic rings. The number of hydrogen-bond donors (Lipinski definition) is 2. The molecule has 0 spiro atoms. The lowest BCUT2D eigenvalue weighted by molar-refractivity contribution is 0.219. The van der Waals surface area contributed by atoms with Crippen LogP contribution in [0, 0.1) is 6.92 Å². The molecule has 1 heterocycles. The third kappa shape index (κ3) is 7.45. The van der Waals surface area contributed by atoms with Crippen molar-refractivity contribution in [2.75, 3.05) is 33.2 Å². The van der Waals surface area contributed by atoms with Crippen molar-refractivity contribution >= 4 is 29.9 Å². The predicted molar refractivity (Wildman–Crippen MR) is 120 cm³/mol. The van der Waals surface area contributed by atoms with Crippen LogP contribution in [-0.4, -0.2) is 54.2 Å². The second-order valence-corrected chi connectivity index (χ2v) is 6.01. The smallest absolute Gasteiger partial charge is 0.228 e. The fraction of sp³-hybridized carbons (Fsp3) is 0.526. The summed E-state index contributed by atoms with van der Waals surface area (Å²) < 4.78 is 5.13. The zero-order valence-corrected chi connectivity index (χ0v) is 18.9. The van der Waals surface area contributed by atoms with Gasteiger partial charge in [-0.15, -0.1) is 24.0 Å². The molecule has 0 aliphatic carbocycles. The van der Waals surface area contributed by atoms with Crippen molar-refractivity contribution in [3.05, 3.63) is 47.6 Å². The summed E-state index contributed by atoms with van der Waals surface area (Å²) in [4.78, 5) is 11.0. The Balaban J connectivity index is 0.00000364. The molecule has 2 rings (SSSR count). The van der Waals surface area contributed by atoms with Crippen LogP contribution in [0.5, 0.6) is 0 Å². The molecule has 150 valence electrons. The lowest BCUT2D eigenvalue weighted by Gasteiger charge is -2.30. The van der Waals surface area contributed by atoms with Crippen molar-refractivity contribution in [1.82, 2.24) is 25.7 Å². The Hall–Kier alpha value is -1.68. The number of guanidine groups is 1. The molecule has 0 aliphatic rings. The standard InChI is InChI=1S/C19H30N6O.HI/c1-5-25(6-2)17(16-10-8-7-9-11-16)14-22-19(20-4)21-13-12-18-23-15(3)24-26-18;/h7-11,17H,5-6,12-14H2,1-4H3,(H2,20,21,22);1H. The van der Waals surface area contributed by atoms with E-state index < -0.39 is 0 Å². The maximum atomic E-state index is 5.13. The molecular formula is C19H31IN6O. The second kappa shape index (κ2) is 12.7. The summed E-state index contributed by atoms with van der Waals surface area (Å²) in [7, 11) is 1.78. The molecule has 1 atom stereocenters. The molecule has 0 radical (unpaired) electrons. The average Bonchev–Trinajstić information content (AvgIpc) is 3.09. The van der Waals surface area contributed by atoms with E-state index in [0.29, 0.717) is 30.7 Å². The Morgan fingerprint density at radius 3 is 2.44 bits per heavy atom. The normalized spacial score (nSPS) is 12.6. The van der Waals surface area contributed by atoms with Crippen molar-refractivity contribution in [3.63, 3.8) is 0 Å². The highest BCUT2D eigenvalue weighted by atomic mass is 127. The molecule has 1 unspecified atom stereocenters. The molecule has 0 fully saturated rings. The minimum atomic E-state index is 0. The van der Waals surface area contributed by atoms with Gasteiger partial charge in [0.1, 0.15) is 0 Å². The summed E-state index contributed by atoms with van der Waals surface area (Å²) in [6.07, 6.45) is 0.666. The van der Waals surface area contributed by atoms with Gasteiger partial charge in [-0.2, -0.15) is 4.98 Å². The number of nitrogens with one attached hydrogen (secondary N) is 2. The molecule has 0 saturated heterocycles. The van der Waals surface area contributed by atoms with Gasteiger partial charge >= 0.3 is 0 Å². The molecule has 8 heteroatoms. The Morgan fingerprint density at radius 2 is 1.89 bits per heavy atom. The van der Waals surface area contributed by atoms with Crippen LogP contribution in [0.1, 0.15) is 37.2 Å². The van der Waals surface area contributed by atoms with Crippen LogP contribution in [0.2, 0.25) is 0 Å². The third-order valence-electron chi connectivity index (χ3n) is 4.32. The first-order chi connectivity index (χ1) is 12.7. The van der Waals surface area contributed by atoms with E-state index >= 15 is 0 Å². The van der Waals surface area contributed by atoms with E-state index in [1.165, 1.54) is 5.56 Å². The number of halogens is 1. The van der Waals surface area contributed by atoms with Crippen LogP contribution in [-0.2, 0) is 6.42 Å². The fourth-order valence-corrected chi connectivity index (χ4v) is 2.94. The number of benzene rings is 1. The van der Waals surface area contributed by atoms with Crippen molar-refractivity contribution < 1.29 is 4.52 Å². The van der Waals surface area contributed by atoms with E-state index in [-0.39, 0.29) is 24.0 Å². The molecule has 1 aromatic carbocycles. The van der Waals surface area contributed by atoms with Gasteiger partial charge in [-0.25, -0.2) is 0 Å². The van der Waals surface area contributed by atoms with Crippen molar-refractivity contribution in [2.24, 2.45) is 4.99 Å². The quantitative estimate of drug-likeness (QED) is 0.323. The minimum Gasteiger partial charge on any atom is -0.356 e. The summed E-state index contributed by atoms with van der Waals surface area (Å²) in [5.74, 6) is 2.07. The van der Waals surface area contributed by atoms with Gasteiger partial charge in [0.15, 0.2) is 11.8 Å². The Bertz CT molecular complexity index is 672. The number of nitrogens with zero attached hydrogens (tertiary/aromatic N) is 4. The number of aryl methyl sites for hydroxylation is 1. The Kier molecular flexibility index (Phi) is 11.0. The summed E-state index contributed by atoms with van der Waals surface area (Å²) >= 11 is 0. The van der Waals surface area contributed by atoms with Crippen LogP contribution >= 0.6 is 24.0 Å². The third-order valence-corrected chi connectivity index (χ3v) is 4.32. The molecule has 27 heavy (non-hydrogen) atoms. The van der Waals surface area contributed by atoms with E-state index in [4.69, 9.17) is 4.52 Å². The zero-order chi connectivity index (χ0) is 18.8. The van der Waals surface area contributed by atoms with Gasteiger partial charge in [-0.3, -0.25) is 9.89 Å². The molecule has 0 aliphatic heterocycles. The van der Waals surface area contributed by atoms with Crippen molar-refractivity contribution in [3.8, 4) is 0 Å². The molecule has 0 amide bonds. The number of aliphatic imine (C=N–C) groups is 1. The number of hydrogen-bond acceptors (Lipinski definition) is 5. The van der Waals surface area contributed by atoms with Crippen molar-refractivity contribution in [2.45, 2.75) is 33.2 Å². The van der Waals surface area contributed by atoms with Gasteiger partial charge in [-0.05, 0) is 25.6 Å². The first-order valence-corrected chi connectivity index (χ1v) is 9.20. The SMILES string of the molecule is CCN(CC)C(CNC(=NC)NCCc1nc(C)no1)c1ccccc1.I. The summed E-state index contributed by atoms with van der Waals surface area (Å²) in [5, 5.41) is 10.5. The van der Waals surface area contributed by atoms with Crippen LogP contribution in [0.25, 0.3) is 0 Å². The minimum absolute atomic E-state index is 0. The van der Waals surface area contributed by atoms with Gasteiger partial charge in [0.05, 0.1) is 6.04 Å². The maximum Gasteiger partial charge on any atom is 0.228 e. The summed E-state index contributed by atoms with van der Waals surface area (Å²) in [6, 6.07) is 10.9. The van der Waals surface area contributed by atoms with Crippen LogP contribution in [0.4, 0.5) is 0 Å². The summed E-state index contributed by atoms with van der Waals surface area (Å²) in [5.41, 5.74) is 1.31. The number of rotatable bonds is 9. The largest absolute Gasteiger partial charge is 0.356 e. The Morgan fingerprint density at radius 1 is 1.19 bits per heavy atom. The molecule has 7 nitrogen and oxygen atoms in total. The molecule has 2 N–H and O–H groups in total. The van der Waals surface area contributed by atoms with Crippen LogP contribution in [0.3, 0.4) is 0 Å². The molecular weight excluding hydrogens is 455 g/mol. The van der Waals surface area contributed by atoms with Gasteiger partial charge in [0.25, 0.3) is 0 Å². The zero-order valence-electron chi connectivity index (χ0n) is 16.6. The first kappa shape index (κ1) is 23.4. The molecule has 0 bridgehead atoms. The summed E-state index contributed by atoms with van der Waals surface area (Å²) in [6.45, 7) is 9.67. The highest BCUT2D eigenvalue weighted by Crippen LogP contribution is 2.19. The maximum absolute atomic E-state index is 5.13. The van der Waals surface area contributed by atoms with Crippen LogP contribution < -0.4 is 10.6 Å². The van der Waals surface area contributed by atoms with Gasteiger partial charge in [0.2, 0.25) is 5.89 Å². The second-order valence-electron chi connectivity index (χ2n) is 6.01. The average molecular weight is 486 g/mol. The van der Waals surface area contributed by atoms with E-state index in [9.17, 15) is 0 Å². The monoisotopic (exact) mass is 486 g/mol. The van der Waals surface area contributed by atoms with E-state index in [2.05, 4.69) is 74.8 Å². The van der Waals surface area contributed by atoms with Gasteiger partial charge in [-0.1, -0.05) is 49.3 Å². The van der Waals surface area contributed by atoms with Crippen molar-refractivity contribution in [1.29, 1.82) is 0 Å². The van der Waals surface area contributed by atoms with E-state index in [1.54, 1.807) is 7.05 Å². The fourth-order valence-electron chi connectivity index (χ4n) is 2.94. The highest BCUT2D eigenvalue weighted by molar-refractivity contribution is 14.0. The topological polar surface area (TPSA) is 78.6 Å². The lowest BCUT2D eigenvalue weighted by atomic mass is 10.1. The Labute approximate surface area is 179 Å². The lowest BCUT2D eigenvalue weighted by Crippen LogP contribution is -2.43.